The molecule has 128 valence electrons. The lowest BCUT2D eigenvalue weighted by molar-refractivity contribution is -0.125. The van der Waals surface area contributed by atoms with E-state index in [1.54, 1.807) is 24.9 Å². The summed E-state index contributed by atoms with van der Waals surface area (Å²) < 4.78 is 5.26. The Bertz CT molecular complexity index is 865. The monoisotopic (exact) mass is 337 g/mol. The van der Waals surface area contributed by atoms with Gasteiger partial charge in [0.2, 0.25) is 5.91 Å². The first-order chi connectivity index (χ1) is 12.3. The number of aromatic nitrogens is 3. The van der Waals surface area contributed by atoms with Crippen LogP contribution in [0.3, 0.4) is 0 Å². The molecule has 4 heterocycles. The Balaban J connectivity index is 1.43. The molecule has 7 heteroatoms. The number of rotatable bonds is 4. The minimum atomic E-state index is -0.0405. The zero-order chi connectivity index (χ0) is 17.1. The third kappa shape index (κ3) is 3.45. The second-order valence-corrected chi connectivity index (χ2v) is 6.17. The summed E-state index contributed by atoms with van der Waals surface area (Å²) in [4.78, 5) is 27.5. The number of hydrogen-bond donors (Lipinski definition) is 1. The molecule has 4 rings (SSSR count). The number of pyridine rings is 1. The van der Waals surface area contributed by atoms with Gasteiger partial charge >= 0.3 is 0 Å². The standard InChI is InChI=1S/C18H19N5O2/c24-18(22-11-15-4-2-8-25-15)13-3-1-7-23(12-13)14-9-16-17(21-10-14)20-6-5-19-16/h2,4-6,8-10,13H,1,3,7,11-12H2,(H,22,24)/t13-/m1/s1. The van der Waals surface area contributed by atoms with E-state index in [-0.39, 0.29) is 11.8 Å². The average molecular weight is 337 g/mol. The summed E-state index contributed by atoms with van der Waals surface area (Å²) in [7, 11) is 0. The van der Waals surface area contributed by atoms with E-state index in [0.717, 1.165) is 36.4 Å². The Labute approximate surface area is 145 Å². The molecule has 1 fully saturated rings. The van der Waals surface area contributed by atoms with E-state index >= 15 is 0 Å². The molecule has 1 amide bonds. The highest BCUT2D eigenvalue weighted by atomic mass is 16.3. The molecule has 3 aromatic rings. The highest BCUT2D eigenvalue weighted by molar-refractivity contribution is 5.80. The highest BCUT2D eigenvalue weighted by Crippen LogP contribution is 2.24. The number of amides is 1. The van der Waals surface area contributed by atoms with Crippen LogP contribution >= 0.6 is 0 Å². The third-order valence-electron chi connectivity index (χ3n) is 4.48. The molecule has 7 nitrogen and oxygen atoms in total. The van der Waals surface area contributed by atoms with Crippen LogP contribution in [0.4, 0.5) is 5.69 Å². The second-order valence-electron chi connectivity index (χ2n) is 6.17. The van der Waals surface area contributed by atoms with Crippen LogP contribution in [0.2, 0.25) is 0 Å². The van der Waals surface area contributed by atoms with Gasteiger partial charge in [0.25, 0.3) is 0 Å². The second kappa shape index (κ2) is 6.88. The Morgan fingerprint density at radius 3 is 3.12 bits per heavy atom. The zero-order valence-electron chi connectivity index (χ0n) is 13.8. The van der Waals surface area contributed by atoms with Crippen LogP contribution in [-0.2, 0) is 11.3 Å². The number of hydrogen-bond acceptors (Lipinski definition) is 6. The number of furan rings is 1. The van der Waals surface area contributed by atoms with Crippen LogP contribution < -0.4 is 10.2 Å². The zero-order valence-corrected chi connectivity index (χ0v) is 13.8. The summed E-state index contributed by atoms with van der Waals surface area (Å²) in [6.07, 6.45) is 8.57. The molecule has 1 atom stereocenters. The van der Waals surface area contributed by atoms with Crippen LogP contribution in [-0.4, -0.2) is 33.9 Å². The summed E-state index contributed by atoms with van der Waals surface area (Å²) in [5, 5.41) is 2.96. The smallest absolute Gasteiger partial charge is 0.225 e. The van der Waals surface area contributed by atoms with E-state index < -0.39 is 0 Å². The van der Waals surface area contributed by atoms with Crippen LogP contribution in [0.5, 0.6) is 0 Å². The number of nitrogens with zero attached hydrogens (tertiary/aromatic N) is 4. The van der Waals surface area contributed by atoms with Gasteiger partial charge in [0, 0.05) is 25.5 Å². The van der Waals surface area contributed by atoms with Gasteiger partial charge in [-0.15, -0.1) is 0 Å². The SMILES string of the molecule is O=C(NCc1ccco1)[C@@H]1CCCN(c2cnc3nccnc3c2)C1. The fourth-order valence-corrected chi connectivity index (χ4v) is 3.18. The van der Waals surface area contributed by atoms with E-state index in [2.05, 4.69) is 25.2 Å². The third-order valence-corrected chi connectivity index (χ3v) is 4.48. The largest absolute Gasteiger partial charge is 0.467 e. The van der Waals surface area contributed by atoms with Gasteiger partial charge in [0.05, 0.1) is 30.6 Å². The number of piperidine rings is 1. The quantitative estimate of drug-likeness (QED) is 0.785. The van der Waals surface area contributed by atoms with Crippen LogP contribution in [0.25, 0.3) is 11.2 Å². The van der Waals surface area contributed by atoms with Crippen LogP contribution in [0.1, 0.15) is 18.6 Å². The normalized spacial score (nSPS) is 17.6. The summed E-state index contributed by atoms with van der Waals surface area (Å²) in [5.41, 5.74) is 2.39. The first kappa shape index (κ1) is 15.6. The number of carbonyl (C=O) groups is 1. The highest BCUT2D eigenvalue weighted by Gasteiger charge is 2.26. The maximum absolute atomic E-state index is 12.5. The van der Waals surface area contributed by atoms with Crippen molar-refractivity contribution in [1.82, 2.24) is 20.3 Å². The van der Waals surface area contributed by atoms with E-state index in [4.69, 9.17) is 4.42 Å². The van der Waals surface area contributed by atoms with Crippen molar-refractivity contribution in [3.63, 3.8) is 0 Å². The van der Waals surface area contributed by atoms with Crippen molar-refractivity contribution in [2.24, 2.45) is 5.92 Å². The van der Waals surface area contributed by atoms with E-state index in [1.807, 2.05) is 18.2 Å². The lowest BCUT2D eigenvalue weighted by atomic mass is 9.96. The molecule has 0 aromatic carbocycles. The van der Waals surface area contributed by atoms with Gasteiger partial charge in [-0.25, -0.2) is 9.97 Å². The summed E-state index contributed by atoms with van der Waals surface area (Å²) in [5.74, 6) is 0.786. The van der Waals surface area contributed by atoms with E-state index in [9.17, 15) is 4.79 Å². The van der Waals surface area contributed by atoms with Crippen molar-refractivity contribution in [3.8, 4) is 0 Å². The number of fused-ring (bicyclic) bond motifs is 1. The molecule has 0 bridgehead atoms. The summed E-state index contributed by atoms with van der Waals surface area (Å²) in [6, 6.07) is 5.66. The fraction of sp³-hybridized carbons (Fsp3) is 0.333. The molecule has 0 spiro atoms. The Hall–Kier alpha value is -2.96. The summed E-state index contributed by atoms with van der Waals surface area (Å²) in [6.45, 7) is 2.02. The van der Waals surface area contributed by atoms with Crippen molar-refractivity contribution >= 4 is 22.8 Å². The molecule has 1 N–H and O–H groups in total. The molecule has 1 saturated heterocycles. The number of nitrogens with one attached hydrogen (secondary N) is 1. The maximum atomic E-state index is 12.5. The average Bonchev–Trinajstić information content (AvgIpc) is 3.19. The molecule has 3 aromatic heterocycles. The van der Waals surface area contributed by atoms with Gasteiger partial charge in [0.1, 0.15) is 11.3 Å². The van der Waals surface area contributed by atoms with Crippen molar-refractivity contribution in [1.29, 1.82) is 0 Å². The topological polar surface area (TPSA) is 84.2 Å². The molecule has 25 heavy (non-hydrogen) atoms. The molecule has 0 aliphatic carbocycles. The molecule has 0 unspecified atom stereocenters. The van der Waals surface area contributed by atoms with Gasteiger partial charge in [-0.2, -0.15) is 0 Å². The van der Waals surface area contributed by atoms with Gasteiger partial charge in [0.15, 0.2) is 5.65 Å². The number of anilines is 1. The summed E-state index contributed by atoms with van der Waals surface area (Å²) >= 11 is 0. The van der Waals surface area contributed by atoms with E-state index in [0.29, 0.717) is 18.7 Å². The van der Waals surface area contributed by atoms with Crippen molar-refractivity contribution in [2.75, 3.05) is 18.0 Å². The van der Waals surface area contributed by atoms with Crippen LogP contribution in [0.15, 0.2) is 47.5 Å². The molecule has 0 saturated carbocycles. The van der Waals surface area contributed by atoms with Crippen molar-refractivity contribution in [2.45, 2.75) is 19.4 Å². The number of carbonyl (C=O) groups excluding carboxylic acids is 1. The lowest BCUT2D eigenvalue weighted by Gasteiger charge is -2.33. The minimum absolute atomic E-state index is 0.0405. The molecule has 1 aliphatic heterocycles. The van der Waals surface area contributed by atoms with Crippen LogP contribution in [0, 0.1) is 5.92 Å². The lowest BCUT2D eigenvalue weighted by Crippen LogP contribution is -2.43. The fourth-order valence-electron chi connectivity index (χ4n) is 3.18. The van der Waals surface area contributed by atoms with Gasteiger partial charge < -0.3 is 14.6 Å². The Morgan fingerprint density at radius 1 is 1.32 bits per heavy atom. The van der Waals surface area contributed by atoms with Crippen molar-refractivity contribution in [3.05, 3.63) is 48.8 Å². The first-order valence-electron chi connectivity index (χ1n) is 8.41. The molecule has 1 aliphatic rings. The van der Waals surface area contributed by atoms with Gasteiger partial charge in [-0.05, 0) is 31.0 Å². The van der Waals surface area contributed by atoms with Gasteiger partial charge in [-0.3, -0.25) is 9.78 Å². The Kier molecular flexibility index (Phi) is 4.28. The van der Waals surface area contributed by atoms with Crippen molar-refractivity contribution < 1.29 is 9.21 Å². The molecule has 0 radical (unpaired) electrons. The molecular weight excluding hydrogens is 318 g/mol. The minimum Gasteiger partial charge on any atom is -0.467 e. The predicted octanol–water partition coefficient (Wildman–Crippen LogP) is 2.15. The maximum Gasteiger partial charge on any atom is 0.225 e. The van der Waals surface area contributed by atoms with Gasteiger partial charge in [-0.1, -0.05) is 0 Å². The predicted molar refractivity (Wildman–Crippen MR) is 92.8 cm³/mol. The van der Waals surface area contributed by atoms with E-state index in [1.165, 1.54) is 0 Å². The first-order valence-corrected chi connectivity index (χ1v) is 8.41. The molecular formula is C18H19N5O2. The Morgan fingerprint density at radius 2 is 2.24 bits per heavy atom.